The molecule has 20 heavy (non-hydrogen) atoms. The fourth-order valence-corrected chi connectivity index (χ4v) is 2.66. The van der Waals surface area contributed by atoms with Crippen LogP contribution in [-0.2, 0) is 6.42 Å². The molecule has 0 saturated heterocycles. The van der Waals surface area contributed by atoms with Crippen LogP contribution in [0.3, 0.4) is 0 Å². The molecule has 1 N–H and O–H groups in total. The SMILES string of the molecule is CCc1nc2ccc(C(=O)Nc3nccs3)cn2c1C. The first kappa shape index (κ1) is 12.8. The van der Waals surface area contributed by atoms with Gasteiger partial charge in [0, 0.05) is 23.5 Å². The number of nitrogens with zero attached hydrogens (tertiary/aromatic N) is 3. The Bertz CT molecular complexity index is 761. The van der Waals surface area contributed by atoms with Crippen molar-refractivity contribution in [3.8, 4) is 0 Å². The lowest BCUT2D eigenvalue weighted by atomic mass is 10.2. The summed E-state index contributed by atoms with van der Waals surface area (Å²) in [5.41, 5.74) is 3.59. The number of thiazole rings is 1. The smallest absolute Gasteiger partial charge is 0.258 e. The Kier molecular flexibility index (Phi) is 3.23. The van der Waals surface area contributed by atoms with Gasteiger partial charge in [0.25, 0.3) is 5.91 Å². The minimum Gasteiger partial charge on any atom is -0.303 e. The molecule has 0 aliphatic heterocycles. The van der Waals surface area contributed by atoms with Gasteiger partial charge >= 0.3 is 0 Å². The number of aryl methyl sites for hydroxylation is 2. The molecule has 102 valence electrons. The lowest BCUT2D eigenvalue weighted by Crippen LogP contribution is -2.12. The fraction of sp³-hybridized carbons (Fsp3) is 0.214. The molecule has 6 heteroatoms. The molecule has 0 aromatic carbocycles. The van der Waals surface area contributed by atoms with Crippen molar-refractivity contribution in [2.45, 2.75) is 20.3 Å². The molecule has 0 radical (unpaired) electrons. The van der Waals surface area contributed by atoms with Crippen LogP contribution in [0.4, 0.5) is 5.13 Å². The molecule has 0 fully saturated rings. The van der Waals surface area contributed by atoms with Crippen molar-refractivity contribution in [3.63, 3.8) is 0 Å². The topological polar surface area (TPSA) is 59.3 Å². The maximum absolute atomic E-state index is 12.2. The Morgan fingerprint density at radius 1 is 1.45 bits per heavy atom. The number of carbonyl (C=O) groups excluding carboxylic acids is 1. The van der Waals surface area contributed by atoms with E-state index in [1.807, 2.05) is 29.0 Å². The van der Waals surface area contributed by atoms with Gasteiger partial charge in [-0.25, -0.2) is 9.97 Å². The van der Waals surface area contributed by atoms with E-state index in [4.69, 9.17) is 0 Å². The van der Waals surface area contributed by atoms with Gasteiger partial charge in [-0.2, -0.15) is 0 Å². The van der Waals surface area contributed by atoms with E-state index in [9.17, 15) is 4.79 Å². The Hall–Kier alpha value is -2.21. The summed E-state index contributed by atoms with van der Waals surface area (Å²) < 4.78 is 1.95. The molecule has 5 nitrogen and oxygen atoms in total. The first-order valence-electron chi connectivity index (χ1n) is 6.37. The van der Waals surface area contributed by atoms with E-state index >= 15 is 0 Å². The number of aromatic nitrogens is 3. The van der Waals surface area contributed by atoms with Crippen LogP contribution in [0, 0.1) is 6.92 Å². The number of rotatable bonds is 3. The Morgan fingerprint density at radius 2 is 2.30 bits per heavy atom. The van der Waals surface area contributed by atoms with Crippen molar-refractivity contribution < 1.29 is 4.79 Å². The van der Waals surface area contributed by atoms with Crippen molar-refractivity contribution in [3.05, 3.63) is 46.9 Å². The molecule has 3 rings (SSSR count). The highest BCUT2D eigenvalue weighted by Gasteiger charge is 2.11. The van der Waals surface area contributed by atoms with Gasteiger partial charge in [0.2, 0.25) is 0 Å². The minimum absolute atomic E-state index is 0.159. The van der Waals surface area contributed by atoms with Crippen LogP contribution in [0.25, 0.3) is 5.65 Å². The van der Waals surface area contributed by atoms with Crippen molar-refractivity contribution in [2.24, 2.45) is 0 Å². The average Bonchev–Trinajstić information content (AvgIpc) is 3.07. The first-order chi connectivity index (χ1) is 9.69. The van der Waals surface area contributed by atoms with E-state index in [0.717, 1.165) is 23.5 Å². The van der Waals surface area contributed by atoms with Gasteiger partial charge in [-0.15, -0.1) is 11.3 Å². The zero-order valence-electron chi connectivity index (χ0n) is 11.3. The minimum atomic E-state index is -0.159. The molecular formula is C14H14N4OS. The molecule has 0 unspecified atom stereocenters. The summed E-state index contributed by atoms with van der Waals surface area (Å²) in [6.07, 6.45) is 4.37. The van der Waals surface area contributed by atoms with E-state index in [1.165, 1.54) is 11.3 Å². The molecule has 1 amide bonds. The molecule has 3 aromatic heterocycles. The van der Waals surface area contributed by atoms with E-state index in [0.29, 0.717) is 10.7 Å². The van der Waals surface area contributed by atoms with Gasteiger partial charge in [-0.1, -0.05) is 6.92 Å². The quantitative estimate of drug-likeness (QED) is 0.805. The number of pyridine rings is 1. The summed E-state index contributed by atoms with van der Waals surface area (Å²) in [7, 11) is 0. The van der Waals surface area contributed by atoms with E-state index < -0.39 is 0 Å². The van der Waals surface area contributed by atoms with Gasteiger partial charge in [-0.05, 0) is 25.5 Å². The number of nitrogens with one attached hydrogen (secondary N) is 1. The van der Waals surface area contributed by atoms with Crippen LogP contribution in [0.5, 0.6) is 0 Å². The van der Waals surface area contributed by atoms with Crippen LogP contribution in [0.15, 0.2) is 29.9 Å². The van der Waals surface area contributed by atoms with E-state index in [2.05, 4.69) is 22.2 Å². The number of hydrogen-bond acceptors (Lipinski definition) is 4. The van der Waals surface area contributed by atoms with Crippen LogP contribution in [-0.4, -0.2) is 20.3 Å². The summed E-state index contributed by atoms with van der Waals surface area (Å²) in [5, 5.41) is 5.21. The zero-order chi connectivity index (χ0) is 14.1. The second-order valence-electron chi connectivity index (χ2n) is 4.43. The zero-order valence-corrected chi connectivity index (χ0v) is 12.1. The van der Waals surface area contributed by atoms with Crippen LogP contribution < -0.4 is 5.32 Å². The summed E-state index contributed by atoms with van der Waals surface area (Å²) in [5.74, 6) is -0.159. The second-order valence-corrected chi connectivity index (χ2v) is 5.33. The first-order valence-corrected chi connectivity index (χ1v) is 7.25. The highest BCUT2D eigenvalue weighted by atomic mass is 32.1. The summed E-state index contributed by atoms with van der Waals surface area (Å²) in [6.45, 7) is 4.09. The van der Waals surface area contributed by atoms with Gasteiger partial charge in [0.15, 0.2) is 5.13 Å². The third-order valence-corrected chi connectivity index (χ3v) is 3.89. The molecule has 0 saturated carbocycles. The molecule has 0 aliphatic carbocycles. The molecule has 0 atom stereocenters. The number of carbonyl (C=O) groups is 1. The molecule has 3 heterocycles. The molecule has 0 aliphatic rings. The van der Waals surface area contributed by atoms with Crippen LogP contribution >= 0.6 is 11.3 Å². The van der Waals surface area contributed by atoms with Crippen LogP contribution in [0.1, 0.15) is 28.7 Å². The number of amides is 1. The molecule has 0 spiro atoms. The Morgan fingerprint density at radius 3 is 3.00 bits per heavy atom. The molecule has 0 bridgehead atoms. The molecular weight excluding hydrogens is 272 g/mol. The maximum atomic E-state index is 12.2. The lowest BCUT2D eigenvalue weighted by molar-refractivity contribution is 0.102. The number of hydrogen-bond donors (Lipinski definition) is 1. The number of imidazole rings is 1. The fourth-order valence-electron chi connectivity index (χ4n) is 2.13. The van der Waals surface area contributed by atoms with E-state index in [1.54, 1.807) is 12.3 Å². The Balaban J connectivity index is 1.96. The van der Waals surface area contributed by atoms with E-state index in [-0.39, 0.29) is 5.91 Å². The number of fused-ring (bicyclic) bond motifs is 1. The highest BCUT2D eigenvalue weighted by Crippen LogP contribution is 2.16. The number of anilines is 1. The normalized spacial score (nSPS) is 10.9. The summed E-state index contributed by atoms with van der Waals surface area (Å²) in [6, 6.07) is 3.65. The third kappa shape index (κ3) is 2.18. The van der Waals surface area contributed by atoms with Gasteiger partial charge in [0.05, 0.1) is 11.3 Å². The van der Waals surface area contributed by atoms with Crippen LogP contribution in [0.2, 0.25) is 0 Å². The standard InChI is InChI=1S/C14H14N4OS/c1-3-11-9(2)18-8-10(4-5-12(18)16-11)13(19)17-14-15-6-7-20-14/h4-8H,3H2,1-2H3,(H,15,17,19). The van der Waals surface area contributed by atoms with Gasteiger partial charge in [-0.3, -0.25) is 10.1 Å². The Labute approximate surface area is 120 Å². The van der Waals surface area contributed by atoms with Gasteiger partial charge < -0.3 is 4.40 Å². The predicted molar refractivity (Wildman–Crippen MR) is 79.4 cm³/mol. The predicted octanol–water partition coefficient (Wildman–Crippen LogP) is 2.91. The third-order valence-electron chi connectivity index (χ3n) is 3.21. The average molecular weight is 286 g/mol. The van der Waals surface area contributed by atoms with Gasteiger partial charge in [0.1, 0.15) is 5.65 Å². The van der Waals surface area contributed by atoms with Crippen molar-refractivity contribution in [2.75, 3.05) is 5.32 Å². The highest BCUT2D eigenvalue weighted by molar-refractivity contribution is 7.13. The van der Waals surface area contributed by atoms with Crippen molar-refractivity contribution in [1.82, 2.24) is 14.4 Å². The van der Waals surface area contributed by atoms with Crippen molar-refractivity contribution >= 4 is 28.0 Å². The second kappa shape index (κ2) is 5.05. The summed E-state index contributed by atoms with van der Waals surface area (Å²) in [4.78, 5) is 20.7. The van der Waals surface area contributed by atoms with Crippen molar-refractivity contribution in [1.29, 1.82) is 0 Å². The lowest BCUT2D eigenvalue weighted by Gasteiger charge is -2.03. The summed E-state index contributed by atoms with van der Waals surface area (Å²) >= 11 is 1.40. The largest absolute Gasteiger partial charge is 0.303 e. The monoisotopic (exact) mass is 286 g/mol. The molecule has 3 aromatic rings. The maximum Gasteiger partial charge on any atom is 0.258 e.